The first kappa shape index (κ1) is 23.1. The molecule has 0 bridgehead atoms. The van der Waals surface area contributed by atoms with Crippen LogP contribution < -0.4 is 9.64 Å². The van der Waals surface area contributed by atoms with Crippen molar-refractivity contribution in [2.24, 2.45) is 0 Å². The second kappa shape index (κ2) is 9.43. The van der Waals surface area contributed by atoms with Gasteiger partial charge in [0, 0.05) is 11.6 Å². The standard InChI is InChI=1S/C26H20F3NO4/c1-2-12-34-19-5-3-4-16(13-19)24(31)22-23(15-6-8-17(27)9-7-15)30(26(33)25(22)32)21-14-18(28)10-11-20(21)29/h3-11,13-14,23,31H,2,12H2,1H3/b24-22+. The molecule has 1 fully saturated rings. The molecule has 0 aliphatic carbocycles. The highest BCUT2D eigenvalue weighted by atomic mass is 19.1. The molecule has 1 aliphatic heterocycles. The van der Waals surface area contributed by atoms with Crippen LogP contribution in [0.3, 0.4) is 0 Å². The maximum atomic E-state index is 14.7. The molecule has 1 N–H and O–H groups in total. The zero-order valence-electron chi connectivity index (χ0n) is 18.1. The lowest BCUT2D eigenvalue weighted by molar-refractivity contribution is -0.132. The summed E-state index contributed by atoms with van der Waals surface area (Å²) in [6, 6.07) is 12.3. The molecule has 4 rings (SSSR count). The van der Waals surface area contributed by atoms with Crippen molar-refractivity contribution in [3.05, 3.63) is 101 Å². The molecule has 8 heteroatoms. The van der Waals surface area contributed by atoms with Gasteiger partial charge in [-0.15, -0.1) is 0 Å². The van der Waals surface area contributed by atoms with E-state index in [1.54, 1.807) is 12.1 Å². The van der Waals surface area contributed by atoms with Crippen molar-refractivity contribution in [1.29, 1.82) is 0 Å². The third kappa shape index (κ3) is 4.26. The molecule has 5 nitrogen and oxygen atoms in total. The number of anilines is 1. The number of hydrogen-bond donors (Lipinski definition) is 1. The van der Waals surface area contributed by atoms with Gasteiger partial charge in [0.1, 0.15) is 29.0 Å². The van der Waals surface area contributed by atoms with Crippen LogP contribution in [0, 0.1) is 17.5 Å². The number of halogens is 3. The Bertz CT molecular complexity index is 1290. The van der Waals surface area contributed by atoms with Gasteiger partial charge in [-0.1, -0.05) is 31.2 Å². The molecule has 174 valence electrons. The number of rotatable bonds is 6. The number of carbonyl (C=O) groups is 2. The van der Waals surface area contributed by atoms with Crippen LogP contribution in [-0.2, 0) is 9.59 Å². The predicted molar refractivity (Wildman–Crippen MR) is 120 cm³/mol. The molecule has 1 aliphatic rings. The fourth-order valence-electron chi connectivity index (χ4n) is 3.82. The van der Waals surface area contributed by atoms with E-state index in [9.17, 15) is 27.9 Å². The van der Waals surface area contributed by atoms with Crippen LogP contribution in [0.4, 0.5) is 18.9 Å². The summed E-state index contributed by atoms with van der Waals surface area (Å²) in [6.07, 6.45) is 0.755. The van der Waals surface area contributed by atoms with Crippen LogP contribution in [0.25, 0.3) is 5.76 Å². The summed E-state index contributed by atoms with van der Waals surface area (Å²) in [6.45, 7) is 2.36. The molecule has 0 radical (unpaired) electrons. The average Bonchev–Trinajstić information content (AvgIpc) is 3.09. The number of aliphatic hydroxyl groups is 1. The third-order valence-electron chi connectivity index (χ3n) is 5.38. The van der Waals surface area contributed by atoms with Crippen molar-refractivity contribution in [2.45, 2.75) is 19.4 Å². The Hall–Kier alpha value is -4.07. The van der Waals surface area contributed by atoms with E-state index in [1.807, 2.05) is 6.92 Å². The van der Waals surface area contributed by atoms with Crippen molar-refractivity contribution >= 4 is 23.1 Å². The van der Waals surface area contributed by atoms with Gasteiger partial charge >= 0.3 is 0 Å². The molecule has 3 aromatic rings. The first-order chi connectivity index (χ1) is 16.3. The number of ketones is 1. The van der Waals surface area contributed by atoms with Gasteiger partial charge in [0.05, 0.1) is 23.9 Å². The number of amides is 1. The van der Waals surface area contributed by atoms with E-state index in [1.165, 1.54) is 24.3 Å². The Morgan fingerprint density at radius 3 is 2.38 bits per heavy atom. The van der Waals surface area contributed by atoms with Crippen molar-refractivity contribution in [2.75, 3.05) is 11.5 Å². The molecule has 1 saturated heterocycles. The van der Waals surface area contributed by atoms with Crippen LogP contribution in [-0.4, -0.2) is 23.4 Å². The number of aliphatic hydroxyl groups excluding tert-OH is 1. The van der Waals surface area contributed by atoms with E-state index in [0.29, 0.717) is 12.4 Å². The zero-order chi connectivity index (χ0) is 24.4. The lowest BCUT2D eigenvalue weighted by Gasteiger charge is -2.25. The quantitative estimate of drug-likeness (QED) is 0.295. The molecule has 0 aromatic heterocycles. The van der Waals surface area contributed by atoms with Crippen LogP contribution >= 0.6 is 0 Å². The largest absolute Gasteiger partial charge is 0.507 e. The smallest absolute Gasteiger partial charge is 0.300 e. The zero-order valence-corrected chi connectivity index (χ0v) is 18.1. The summed E-state index contributed by atoms with van der Waals surface area (Å²) >= 11 is 0. The van der Waals surface area contributed by atoms with Crippen LogP contribution in [0.15, 0.2) is 72.3 Å². The molecule has 3 aromatic carbocycles. The summed E-state index contributed by atoms with van der Waals surface area (Å²) in [4.78, 5) is 26.9. The lowest BCUT2D eigenvalue weighted by Crippen LogP contribution is -2.30. The summed E-state index contributed by atoms with van der Waals surface area (Å²) in [5.41, 5.74) is -0.397. The van der Waals surface area contributed by atoms with Crippen molar-refractivity contribution < 1.29 is 32.6 Å². The van der Waals surface area contributed by atoms with Gasteiger partial charge in [0.25, 0.3) is 11.7 Å². The van der Waals surface area contributed by atoms with Crippen LogP contribution in [0.5, 0.6) is 5.75 Å². The summed E-state index contributed by atoms with van der Waals surface area (Å²) < 4.78 is 47.8. The Balaban J connectivity index is 1.92. The van der Waals surface area contributed by atoms with Crippen LogP contribution in [0.1, 0.15) is 30.5 Å². The van der Waals surface area contributed by atoms with Gasteiger partial charge in [-0.3, -0.25) is 14.5 Å². The molecule has 0 spiro atoms. The van der Waals surface area contributed by atoms with Gasteiger partial charge in [0.15, 0.2) is 0 Å². The van der Waals surface area contributed by atoms with E-state index in [4.69, 9.17) is 4.74 Å². The molecular formula is C26H20F3NO4. The van der Waals surface area contributed by atoms with Crippen molar-refractivity contribution in [1.82, 2.24) is 0 Å². The minimum absolute atomic E-state index is 0.193. The normalized spacial score (nSPS) is 17.3. The highest BCUT2D eigenvalue weighted by molar-refractivity contribution is 6.51. The summed E-state index contributed by atoms with van der Waals surface area (Å²) in [5.74, 6) is -4.65. The fourth-order valence-corrected chi connectivity index (χ4v) is 3.82. The number of benzene rings is 3. The van der Waals surface area contributed by atoms with E-state index < -0.39 is 46.6 Å². The highest BCUT2D eigenvalue weighted by Crippen LogP contribution is 2.43. The maximum Gasteiger partial charge on any atom is 0.300 e. The Morgan fingerprint density at radius 2 is 1.68 bits per heavy atom. The van der Waals surface area contributed by atoms with E-state index in [-0.39, 0.29) is 16.7 Å². The first-order valence-electron chi connectivity index (χ1n) is 10.6. The topological polar surface area (TPSA) is 66.8 Å². The third-order valence-corrected chi connectivity index (χ3v) is 5.38. The summed E-state index contributed by atoms with van der Waals surface area (Å²) in [7, 11) is 0. The monoisotopic (exact) mass is 467 g/mol. The summed E-state index contributed by atoms with van der Waals surface area (Å²) in [5, 5.41) is 11.1. The van der Waals surface area contributed by atoms with E-state index in [2.05, 4.69) is 0 Å². The molecule has 34 heavy (non-hydrogen) atoms. The molecule has 1 amide bonds. The van der Waals surface area contributed by atoms with E-state index >= 15 is 0 Å². The minimum atomic E-state index is -1.32. The number of Topliss-reactive ketones (excluding diaryl/α,β-unsaturated/α-hetero) is 1. The Kier molecular flexibility index (Phi) is 6.40. The number of nitrogens with zero attached hydrogens (tertiary/aromatic N) is 1. The lowest BCUT2D eigenvalue weighted by atomic mass is 9.95. The minimum Gasteiger partial charge on any atom is -0.507 e. The number of hydrogen-bond acceptors (Lipinski definition) is 4. The molecule has 1 atom stereocenters. The van der Waals surface area contributed by atoms with Crippen molar-refractivity contribution in [3.8, 4) is 5.75 Å². The Labute approximate surface area is 193 Å². The molecule has 1 heterocycles. The van der Waals surface area contributed by atoms with Gasteiger partial charge in [-0.2, -0.15) is 0 Å². The average molecular weight is 467 g/mol. The maximum absolute atomic E-state index is 14.7. The Morgan fingerprint density at radius 1 is 0.971 bits per heavy atom. The van der Waals surface area contributed by atoms with Gasteiger partial charge in [-0.05, 0) is 48.4 Å². The van der Waals surface area contributed by atoms with Crippen molar-refractivity contribution in [3.63, 3.8) is 0 Å². The van der Waals surface area contributed by atoms with E-state index in [0.717, 1.165) is 41.7 Å². The predicted octanol–water partition coefficient (Wildman–Crippen LogP) is 5.52. The molecule has 1 unspecified atom stereocenters. The molecule has 0 saturated carbocycles. The highest BCUT2D eigenvalue weighted by Gasteiger charge is 2.47. The van der Waals surface area contributed by atoms with Crippen LogP contribution in [0.2, 0.25) is 0 Å². The van der Waals surface area contributed by atoms with Gasteiger partial charge in [-0.25, -0.2) is 13.2 Å². The number of ether oxygens (including phenoxy) is 1. The molecular weight excluding hydrogens is 447 g/mol. The van der Waals surface area contributed by atoms with Gasteiger partial charge in [0.2, 0.25) is 0 Å². The first-order valence-corrected chi connectivity index (χ1v) is 10.6. The van der Waals surface area contributed by atoms with Gasteiger partial charge < -0.3 is 9.84 Å². The second-order valence-corrected chi connectivity index (χ2v) is 7.69. The fraction of sp³-hybridized carbons (Fsp3) is 0.154. The number of carbonyl (C=O) groups excluding carboxylic acids is 2. The second-order valence-electron chi connectivity index (χ2n) is 7.69. The SMILES string of the molecule is CCCOc1cccc(/C(O)=C2\C(=O)C(=O)N(c3cc(F)ccc3F)C2c2ccc(F)cc2)c1.